The second kappa shape index (κ2) is 4.52. The van der Waals surface area contributed by atoms with Gasteiger partial charge in [0.05, 0.1) is 5.60 Å². The first kappa shape index (κ1) is 12.3. The number of aliphatic hydroxyl groups is 1. The summed E-state index contributed by atoms with van der Waals surface area (Å²) in [5.41, 5.74) is -0.193. The molecule has 0 heterocycles. The third kappa shape index (κ3) is 6.99. The zero-order valence-corrected chi connectivity index (χ0v) is 9.62. The predicted octanol–water partition coefficient (Wildman–Crippen LogP) is 2.88. The van der Waals surface area contributed by atoms with Crippen molar-refractivity contribution in [3.8, 4) is 0 Å². The minimum atomic E-state index is -0.575. The van der Waals surface area contributed by atoms with Crippen LogP contribution in [-0.4, -0.2) is 16.5 Å². The van der Waals surface area contributed by atoms with Gasteiger partial charge in [0, 0.05) is 5.75 Å². The summed E-state index contributed by atoms with van der Waals surface area (Å²) in [5.74, 6) is 0.553. The monoisotopic (exact) mass is 190 g/mol. The Hall–Kier alpha value is 0.310. The molecule has 0 spiro atoms. The molecule has 0 rings (SSSR count). The van der Waals surface area contributed by atoms with Crippen LogP contribution in [0.5, 0.6) is 0 Å². The number of hydrogen-bond donors (Lipinski definition) is 2. The molecule has 12 heavy (non-hydrogen) atoms. The number of hydrogen-bond acceptors (Lipinski definition) is 2. The average molecular weight is 190 g/mol. The number of rotatable bonds is 4. The van der Waals surface area contributed by atoms with Crippen molar-refractivity contribution in [3.05, 3.63) is 0 Å². The van der Waals surface area contributed by atoms with Crippen LogP contribution in [0.4, 0.5) is 0 Å². The zero-order chi connectivity index (χ0) is 9.83. The van der Waals surface area contributed by atoms with E-state index in [1.165, 1.54) is 0 Å². The summed E-state index contributed by atoms with van der Waals surface area (Å²) in [6.07, 6.45) is 3.10. The van der Waals surface area contributed by atoms with Gasteiger partial charge < -0.3 is 5.11 Å². The topological polar surface area (TPSA) is 20.2 Å². The summed E-state index contributed by atoms with van der Waals surface area (Å²) < 4.78 is 0. The van der Waals surface area contributed by atoms with Gasteiger partial charge in [-0.05, 0) is 25.2 Å². The summed E-state index contributed by atoms with van der Waals surface area (Å²) >= 11 is 4.10. The van der Waals surface area contributed by atoms with Crippen LogP contribution in [-0.2, 0) is 0 Å². The van der Waals surface area contributed by atoms with Crippen LogP contribution in [0.15, 0.2) is 0 Å². The maximum absolute atomic E-state index is 9.64. The fraction of sp³-hybridized carbons (Fsp3) is 1.00. The van der Waals surface area contributed by atoms with E-state index < -0.39 is 5.60 Å². The third-order valence-electron chi connectivity index (χ3n) is 1.98. The smallest absolute Gasteiger partial charge is 0.0707 e. The largest absolute Gasteiger partial charge is 0.389 e. The first-order valence-corrected chi connectivity index (χ1v) is 5.23. The average Bonchev–Trinajstić information content (AvgIpc) is 1.84. The molecule has 0 aromatic heterocycles. The maximum atomic E-state index is 9.64. The fourth-order valence-electron chi connectivity index (χ4n) is 1.08. The van der Waals surface area contributed by atoms with Crippen LogP contribution in [0, 0.1) is 5.41 Å². The van der Waals surface area contributed by atoms with Crippen molar-refractivity contribution in [1.29, 1.82) is 0 Å². The molecule has 0 saturated carbocycles. The predicted molar refractivity (Wildman–Crippen MR) is 57.8 cm³/mol. The standard InChI is InChI=1S/C10H22OS/c1-9(2,3)6-5-7-10(4,11)8-12/h11-12H,5-8H2,1-4H3. The van der Waals surface area contributed by atoms with Gasteiger partial charge in [0.1, 0.15) is 0 Å². The van der Waals surface area contributed by atoms with Crippen molar-refractivity contribution >= 4 is 12.6 Å². The molecule has 74 valence electrons. The Labute approximate surface area is 82.0 Å². The van der Waals surface area contributed by atoms with Gasteiger partial charge in [-0.25, -0.2) is 0 Å². The van der Waals surface area contributed by atoms with Crippen molar-refractivity contribution in [2.75, 3.05) is 5.75 Å². The highest BCUT2D eigenvalue weighted by atomic mass is 32.1. The molecule has 2 heteroatoms. The Bertz CT molecular complexity index is 124. The van der Waals surface area contributed by atoms with Crippen LogP contribution in [0.1, 0.15) is 47.0 Å². The molecule has 1 nitrogen and oxygen atoms in total. The van der Waals surface area contributed by atoms with E-state index in [9.17, 15) is 5.11 Å². The molecule has 0 radical (unpaired) electrons. The molecule has 1 unspecified atom stereocenters. The lowest BCUT2D eigenvalue weighted by atomic mass is 9.87. The summed E-state index contributed by atoms with van der Waals surface area (Å²) in [5, 5.41) is 9.64. The molecular formula is C10H22OS. The molecule has 0 bridgehead atoms. The van der Waals surface area contributed by atoms with Crippen LogP contribution in [0.25, 0.3) is 0 Å². The van der Waals surface area contributed by atoms with Crippen molar-refractivity contribution in [2.24, 2.45) is 5.41 Å². The SMILES string of the molecule is CC(C)(C)CCCC(C)(O)CS. The van der Waals surface area contributed by atoms with E-state index in [1.807, 2.05) is 6.92 Å². The maximum Gasteiger partial charge on any atom is 0.0707 e. The number of thiol groups is 1. The highest BCUT2D eigenvalue weighted by Gasteiger charge is 2.19. The lowest BCUT2D eigenvalue weighted by molar-refractivity contribution is 0.0706. The zero-order valence-electron chi connectivity index (χ0n) is 8.72. The van der Waals surface area contributed by atoms with E-state index in [0.29, 0.717) is 11.2 Å². The molecule has 0 aromatic rings. The van der Waals surface area contributed by atoms with Crippen LogP contribution in [0.3, 0.4) is 0 Å². The minimum Gasteiger partial charge on any atom is -0.389 e. The van der Waals surface area contributed by atoms with Gasteiger partial charge in [0.2, 0.25) is 0 Å². The molecule has 1 N–H and O–H groups in total. The molecule has 1 atom stereocenters. The van der Waals surface area contributed by atoms with Gasteiger partial charge in [0.15, 0.2) is 0 Å². The van der Waals surface area contributed by atoms with Gasteiger partial charge in [-0.2, -0.15) is 12.6 Å². The van der Waals surface area contributed by atoms with E-state index in [1.54, 1.807) is 0 Å². The Morgan fingerprint density at radius 1 is 1.08 bits per heavy atom. The first-order valence-electron chi connectivity index (χ1n) is 4.60. The van der Waals surface area contributed by atoms with Gasteiger partial charge in [0.25, 0.3) is 0 Å². The Morgan fingerprint density at radius 2 is 1.58 bits per heavy atom. The molecule has 0 aliphatic rings. The van der Waals surface area contributed by atoms with Crippen LogP contribution in [0.2, 0.25) is 0 Å². The fourth-order valence-corrected chi connectivity index (χ4v) is 1.24. The van der Waals surface area contributed by atoms with Crippen molar-refractivity contribution in [3.63, 3.8) is 0 Å². The lowest BCUT2D eigenvalue weighted by Gasteiger charge is -2.23. The summed E-state index contributed by atoms with van der Waals surface area (Å²) in [6.45, 7) is 8.52. The van der Waals surface area contributed by atoms with E-state index >= 15 is 0 Å². The van der Waals surface area contributed by atoms with Gasteiger partial charge in [-0.3, -0.25) is 0 Å². The van der Waals surface area contributed by atoms with E-state index in [2.05, 4.69) is 33.4 Å². The summed E-state index contributed by atoms with van der Waals surface area (Å²) in [7, 11) is 0. The normalized spacial score (nSPS) is 17.5. The third-order valence-corrected chi connectivity index (χ3v) is 2.66. The minimum absolute atomic E-state index is 0.382. The highest BCUT2D eigenvalue weighted by Crippen LogP contribution is 2.24. The Kier molecular flexibility index (Phi) is 4.64. The quantitative estimate of drug-likeness (QED) is 0.653. The van der Waals surface area contributed by atoms with E-state index in [0.717, 1.165) is 19.3 Å². The molecule has 0 aliphatic heterocycles. The Morgan fingerprint density at radius 3 is 1.92 bits per heavy atom. The summed E-state index contributed by atoms with van der Waals surface area (Å²) in [4.78, 5) is 0. The van der Waals surface area contributed by atoms with Crippen molar-refractivity contribution in [2.45, 2.75) is 52.6 Å². The molecule has 0 saturated heterocycles. The van der Waals surface area contributed by atoms with E-state index in [-0.39, 0.29) is 0 Å². The lowest BCUT2D eigenvalue weighted by Crippen LogP contribution is -2.26. The van der Waals surface area contributed by atoms with E-state index in [4.69, 9.17) is 0 Å². The Balaban J connectivity index is 3.57. The second-order valence-electron chi connectivity index (χ2n) is 5.07. The summed E-state index contributed by atoms with van der Waals surface area (Å²) in [6, 6.07) is 0. The molecule has 0 amide bonds. The molecular weight excluding hydrogens is 168 g/mol. The van der Waals surface area contributed by atoms with Crippen LogP contribution >= 0.6 is 12.6 Å². The van der Waals surface area contributed by atoms with Gasteiger partial charge in [-0.15, -0.1) is 0 Å². The van der Waals surface area contributed by atoms with Gasteiger partial charge in [-0.1, -0.05) is 27.2 Å². The molecule has 0 aromatic carbocycles. The van der Waals surface area contributed by atoms with Crippen molar-refractivity contribution < 1.29 is 5.11 Å². The highest BCUT2D eigenvalue weighted by molar-refractivity contribution is 7.80. The first-order chi connectivity index (χ1) is 5.27. The van der Waals surface area contributed by atoms with Gasteiger partial charge >= 0.3 is 0 Å². The van der Waals surface area contributed by atoms with Crippen molar-refractivity contribution in [1.82, 2.24) is 0 Å². The second-order valence-corrected chi connectivity index (χ2v) is 5.39. The molecule has 0 fully saturated rings. The molecule has 0 aliphatic carbocycles. The van der Waals surface area contributed by atoms with Crippen LogP contribution < -0.4 is 0 Å².